The third-order valence-corrected chi connectivity index (χ3v) is 3.89. The molecule has 2 aromatic rings. The van der Waals surface area contributed by atoms with Gasteiger partial charge in [0.15, 0.2) is 0 Å². The summed E-state index contributed by atoms with van der Waals surface area (Å²) in [7, 11) is -0.0397. The van der Waals surface area contributed by atoms with E-state index in [0.29, 0.717) is 11.3 Å². The Morgan fingerprint density at radius 2 is 1.85 bits per heavy atom. The van der Waals surface area contributed by atoms with Crippen molar-refractivity contribution < 1.29 is 19.2 Å². The highest BCUT2D eigenvalue weighted by Gasteiger charge is 2.13. The monoisotopic (exact) mass is 292 g/mol. The summed E-state index contributed by atoms with van der Waals surface area (Å²) in [5, 5.41) is 17.9. The summed E-state index contributed by atoms with van der Waals surface area (Å²) in [4.78, 5) is 1.01. The normalized spacial score (nSPS) is 10.4. The van der Waals surface area contributed by atoms with E-state index in [0.717, 1.165) is 16.7 Å². The molecule has 3 nitrogen and oxygen atoms in total. The molecular weight excluding hydrogens is 278 g/mol. The van der Waals surface area contributed by atoms with Gasteiger partial charge in [0.25, 0.3) is 0 Å². The van der Waals surface area contributed by atoms with Crippen LogP contribution in [0.25, 0.3) is 0 Å². The predicted molar refractivity (Wildman–Crippen MR) is 78.8 cm³/mol. The van der Waals surface area contributed by atoms with E-state index in [9.17, 15) is 4.39 Å². The van der Waals surface area contributed by atoms with Gasteiger partial charge in [0.2, 0.25) is 0 Å². The maximum atomic E-state index is 13.8. The summed E-state index contributed by atoms with van der Waals surface area (Å²) in [6.07, 6.45) is 0. The van der Waals surface area contributed by atoms with Crippen LogP contribution in [0.2, 0.25) is 0 Å². The largest absolute Gasteiger partial charge is 0.497 e. The molecule has 0 aliphatic heterocycles. The van der Waals surface area contributed by atoms with E-state index in [1.807, 2.05) is 24.3 Å². The van der Waals surface area contributed by atoms with Crippen molar-refractivity contribution in [1.29, 1.82) is 0 Å². The van der Waals surface area contributed by atoms with E-state index in [-0.39, 0.29) is 5.46 Å². The van der Waals surface area contributed by atoms with E-state index >= 15 is 0 Å². The Kier molecular flexibility index (Phi) is 5.06. The summed E-state index contributed by atoms with van der Waals surface area (Å²) in [5.41, 5.74) is 0.677. The molecule has 0 bridgehead atoms. The third kappa shape index (κ3) is 3.76. The fourth-order valence-corrected chi connectivity index (χ4v) is 2.56. The molecule has 0 radical (unpaired) electrons. The van der Waals surface area contributed by atoms with Crippen LogP contribution in [0.5, 0.6) is 5.75 Å². The summed E-state index contributed by atoms with van der Waals surface area (Å²) < 4.78 is 18.8. The second-order valence-electron chi connectivity index (χ2n) is 4.19. The average Bonchev–Trinajstić information content (AvgIpc) is 2.46. The van der Waals surface area contributed by atoms with Gasteiger partial charge in [-0.15, -0.1) is 11.8 Å². The van der Waals surface area contributed by atoms with Crippen molar-refractivity contribution >= 4 is 24.3 Å². The van der Waals surface area contributed by atoms with E-state index in [1.165, 1.54) is 17.8 Å². The minimum atomic E-state index is -1.65. The number of rotatable bonds is 5. The number of benzene rings is 2. The Labute approximate surface area is 121 Å². The van der Waals surface area contributed by atoms with Crippen LogP contribution in [-0.4, -0.2) is 24.3 Å². The molecule has 0 heterocycles. The number of thioether (sulfide) groups is 1. The van der Waals surface area contributed by atoms with Crippen LogP contribution in [0, 0.1) is 5.82 Å². The molecule has 2 aromatic carbocycles. The van der Waals surface area contributed by atoms with Crippen molar-refractivity contribution in [3.05, 3.63) is 53.8 Å². The molecule has 0 saturated heterocycles. The second-order valence-corrected chi connectivity index (χ2v) is 5.24. The topological polar surface area (TPSA) is 49.7 Å². The van der Waals surface area contributed by atoms with Gasteiger partial charge in [0.05, 0.1) is 7.11 Å². The minimum absolute atomic E-state index is 0.153. The molecule has 2 N–H and O–H groups in total. The van der Waals surface area contributed by atoms with Gasteiger partial charge in [-0.3, -0.25) is 0 Å². The molecule has 20 heavy (non-hydrogen) atoms. The SMILES string of the molecule is COc1ccc(SCc2ccc(B(O)O)cc2F)cc1. The standard InChI is InChI=1S/C14H14BFO3S/c1-19-12-4-6-13(7-5-12)20-9-10-2-3-11(15(17)18)8-14(10)16/h2-8,17-18H,9H2,1H3. The number of hydrogen-bond donors (Lipinski definition) is 2. The molecule has 6 heteroatoms. The Balaban J connectivity index is 2.03. The van der Waals surface area contributed by atoms with Gasteiger partial charge < -0.3 is 14.8 Å². The Bertz CT molecular complexity index is 575. The van der Waals surface area contributed by atoms with Gasteiger partial charge in [-0.25, -0.2) is 4.39 Å². The first kappa shape index (κ1) is 14.9. The number of ether oxygens (including phenoxy) is 1. The van der Waals surface area contributed by atoms with Crippen molar-refractivity contribution in [2.45, 2.75) is 10.6 Å². The molecule has 0 aliphatic carbocycles. The van der Waals surface area contributed by atoms with E-state index < -0.39 is 12.9 Å². The Morgan fingerprint density at radius 1 is 1.15 bits per heavy atom. The van der Waals surface area contributed by atoms with E-state index in [1.54, 1.807) is 13.2 Å². The molecule has 0 fully saturated rings. The van der Waals surface area contributed by atoms with Crippen LogP contribution in [-0.2, 0) is 5.75 Å². The molecule has 2 rings (SSSR count). The lowest BCUT2D eigenvalue weighted by molar-refractivity contribution is 0.414. The summed E-state index contributed by atoms with van der Waals surface area (Å²) in [6.45, 7) is 0. The van der Waals surface area contributed by atoms with Crippen LogP contribution in [0.1, 0.15) is 5.56 Å². The number of methoxy groups -OCH3 is 1. The Hall–Kier alpha value is -1.50. The van der Waals surface area contributed by atoms with E-state index in [2.05, 4.69) is 0 Å². The molecular formula is C14H14BFO3S. The first-order valence-electron chi connectivity index (χ1n) is 6.01. The molecule has 0 aliphatic rings. The fraction of sp³-hybridized carbons (Fsp3) is 0.143. The lowest BCUT2D eigenvalue weighted by Crippen LogP contribution is -2.30. The fourth-order valence-electron chi connectivity index (χ4n) is 1.67. The highest BCUT2D eigenvalue weighted by Crippen LogP contribution is 2.25. The van der Waals surface area contributed by atoms with Crippen molar-refractivity contribution in [2.24, 2.45) is 0 Å². The third-order valence-electron chi connectivity index (χ3n) is 2.83. The number of hydrogen-bond acceptors (Lipinski definition) is 4. The van der Waals surface area contributed by atoms with Crippen LogP contribution in [0.4, 0.5) is 4.39 Å². The van der Waals surface area contributed by atoms with Gasteiger partial charge in [0, 0.05) is 10.6 Å². The zero-order chi connectivity index (χ0) is 14.5. The van der Waals surface area contributed by atoms with Crippen LogP contribution >= 0.6 is 11.8 Å². The van der Waals surface area contributed by atoms with Crippen molar-refractivity contribution in [2.75, 3.05) is 7.11 Å². The molecule has 0 atom stereocenters. The zero-order valence-electron chi connectivity index (χ0n) is 10.9. The van der Waals surface area contributed by atoms with Gasteiger partial charge in [-0.2, -0.15) is 0 Å². The maximum absolute atomic E-state index is 13.8. The zero-order valence-corrected chi connectivity index (χ0v) is 11.7. The van der Waals surface area contributed by atoms with Gasteiger partial charge >= 0.3 is 7.12 Å². The van der Waals surface area contributed by atoms with E-state index in [4.69, 9.17) is 14.8 Å². The van der Waals surface area contributed by atoms with Crippen molar-refractivity contribution in [1.82, 2.24) is 0 Å². The van der Waals surface area contributed by atoms with Gasteiger partial charge in [0.1, 0.15) is 11.6 Å². The van der Waals surface area contributed by atoms with Crippen LogP contribution in [0.3, 0.4) is 0 Å². The molecule has 0 spiro atoms. The van der Waals surface area contributed by atoms with Crippen LogP contribution < -0.4 is 10.2 Å². The average molecular weight is 292 g/mol. The lowest BCUT2D eigenvalue weighted by Gasteiger charge is -2.06. The summed E-state index contributed by atoms with van der Waals surface area (Å²) in [6, 6.07) is 11.8. The first-order chi connectivity index (χ1) is 9.60. The highest BCUT2D eigenvalue weighted by molar-refractivity contribution is 7.98. The number of halogens is 1. The lowest BCUT2D eigenvalue weighted by atomic mass is 9.80. The smallest absolute Gasteiger partial charge is 0.488 e. The first-order valence-corrected chi connectivity index (χ1v) is 7.00. The highest BCUT2D eigenvalue weighted by atomic mass is 32.2. The molecule has 0 unspecified atom stereocenters. The quantitative estimate of drug-likeness (QED) is 0.652. The predicted octanol–water partition coefficient (Wildman–Crippen LogP) is 1.81. The molecule has 104 valence electrons. The van der Waals surface area contributed by atoms with Crippen molar-refractivity contribution in [3.63, 3.8) is 0 Å². The van der Waals surface area contributed by atoms with Crippen molar-refractivity contribution in [3.8, 4) is 5.75 Å². The minimum Gasteiger partial charge on any atom is -0.497 e. The molecule has 0 saturated carbocycles. The Morgan fingerprint density at radius 3 is 2.40 bits per heavy atom. The summed E-state index contributed by atoms with van der Waals surface area (Å²) in [5.74, 6) is 0.818. The van der Waals surface area contributed by atoms with Gasteiger partial charge in [-0.05, 0) is 41.4 Å². The second kappa shape index (κ2) is 6.79. The summed E-state index contributed by atoms with van der Waals surface area (Å²) >= 11 is 1.50. The van der Waals surface area contributed by atoms with Gasteiger partial charge in [-0.1, -0.05) is 12.1 Å². The maximum Gasteiger partial charge on any atom is 0.488 e. The van der Waals surface area contributed by atoms with Crippen LogP contribution in [0.15, 0.2) is 47.4 Å². The molecule has 0 aromatic heterocycles. The molecule has 0 amide bonds.